The van der Waals surface area contributed by atoms with E-state index in [1.165, 1.54) is 12.4 Å². The molecule has 0 bridgehead atoms. The van der Waals surface area contributed by atoms with Gasteiger partial charge in [0.1, 0.15) is 0 Å². The molecular formula is C10H9Br3N2O2. The molecule has 0 aliphatic rings. The summed E-state index contributed by atoms with van der Waals surface area (Å²) in [6, 6.07) is 3.41. The molecule has 0 fully saturated rings. The second-order valence-electron chi connectivity index (χ2n) is 3.00. The Morgan fingerprint density at radius 3 is 2.41 bits per heavy atom. The normalized spacial score (nSPS) is 9.00. The van der Waals surface area contributed by atoms with Crippen LogP contribution in [0.25, 0.3) is 5.69 Å². The van der Waals surface area contributed by atoms with Crippen LogP contribution in [0.1, 0.15) is 0 Å². The van der Waals surface area contributed by atoms with Gasteiger partial charge in [0.05, 0.1) is 10.5 Å². The molecule has 0 saturated heterocycles. The zero-order chi connectivity index (χ0) is 10.8. The summed E-state index contributed by atoms with van der Waals surface area (Å²) < 4.78 is 2.24. The van der Waals surface area contributed by atoms with E-state index in [1.54, 1.807) is 29.1 Å². The largest absolute Gasteiger partial charge is 1.00 e. The predicted octanol–water partition coefficient (Wildman–Crippen LogP) is -5.04. The van der Waals surface area contributed by atoms with Gasteiger partial charge in [-0.3, -0.25) is 0 Å². The first-order valence-corrected chi connectivity index (χ1v) is 5.07. The van der Waals surface area contributed by atoms with Crippen LogP contribution in [0.5, 0.6) is 11.5 Å². The molecule has 0 spiro atoms. The average molecular weight is 429 g/mol. The molecular weight excluding hydrogens is 420 g/mol. The van der Waals surface area contributed by atoms with E-state index in [-0.39, 0.29) is 45.5 Å². The van der Waals surface area contributed by atoms with Crippen molar-refractivity contribution in [3.8, 4) is 17.2 Å². The lowest BCUT2D eigenvalue weighted by atomic mass is 10.3. The molecule has 7 heteroatoms. The number of nitrogens with one attached hydrogen (secondary N) is 1. The lowest BCUT2D eigenvalue weighted by Gasteiger charge is -1.97. The van der Waals surface area contributed by atoms with Gasteiger partial charge in [-0.05, 0) is 15.9 Å². The summed E-state index contributed by atoms with van der Waals surface area (Å²) in [6.07, 6.45) is 6.42. The number of nitrogens with zero attached hydrogens (tertiary/aromatic N) is 1. The molecule has 0 amide bonds. The third-order valence-electron chi connectivity index (χ3n) is 1.99. The molecule has 0 radical (unpaired) electrons. The zero-order valence-electron chi connectivity index (χ0n) is 8.44. The Kier molecular flexibility index (Phi) is 6.66. The highest BCUT2D eigenvalue weighted by atomic mass is 79.9. The molecule has 17 heavy (non-hydrogen) atoms. The van der Waals surface area contributed by atoms with Crippen LogP contribution >= 0.6 is 15.9 Å². The van der Waals surface area contributed by atoms with Crippen LogP contribution in [-0.4, -0.2) is 10.2 Å². The third kappa shape index (κ3) is 3.65. The molecule has 92 valence electrons. The fourth-order valence-corrected chi connectivity index (χ4v) is 1.47. The maximum atomic E-state index is 9.58. The van der Waals surface area contributed by atoms with E-state index in [9.17, 15) is 10.2 Å². The topological polar surface area (TPSA) is 58.5 Å². The molecule has 0 unspecified atom stereocenters. The maximum absolute atomic E-state index is 9.58. The van der Waals surface area contributed by atoms with E-state index in [2.05, 4.69) is 20.9 Å². The van der Waals surface area contributed by atoms with Gasteiger partial charge in [-0.25, -0.2) is 4.98 Å². The molecule has 4 nitrogen and oxygen atoms in total. The molecule has 2 heterocycles. The smallest absolute Gasteiger partial charge is 0.265 e. The summed E-state index contributed by atoms with van der Waals surface area (Å²) in [5, 5.41) is 19.1. The van der Waals surface area contributed by atoms with Crippen LogP contribution in [-0.2, 0) is 0 Å². The van der Waals surface area contributed by atoms with Crippen LogP contribution in [0.4, 0.5) is 0 Å². The second kappa shape index (κ2) is 6.93. The van der Waals surface area contributed by atoms with E-state index in [4.69, 9.17) is 0 Å². The minimum Gasteiger partial charge on any atom is -1.00 e. The zero-order valence-corrected chi connectivity index (χ0v) is 13.2. The molecule has 0 aromatic carbocycles. The van der Waals surface area contributed by atoms with Gasteiger partial charge in [0.2, 0.25) is 12.4 Å². The van der Waals surface area contributed by atoms with Crippen molar-refractivity contribution in [2.24, 2.45) is 0 Å². The Balaban J connectivity index is 0.00000128. The lowest BCUT2D eigenvalue weighted by molar-refractivity contribution is -0.597. The van der Waals surface area contributed by atoms with Crippen molar-refractivity contribution in [3.63, 3.8) is 0 Å². The monoisotopic (exact) mass is 426 g/mol. The van der Waals surface area contributed by atoms with Gasteiger partial charge in [-0.15, -0.1) is 0 Å². The van der Waals surface area contributed by atoms with Crippen molar-refractivity contribution in [2.45, 2.75) is 0 Å². The number of H-pyrrole nitrogens is 1. The maximum Gasteiger partial charge on any atom is 0.265 e. The highest BCUT2D eigenvalue weighted by Gasteiger charge is 2.15. The predicted molar refractivity (Wildman–Crippen MR) is 55.6 cm³/mol. The molecule has 0 atom stereocenters. The van der Waals surface area contributed by atoms with Gasteiger partial charge in [-0.1, -0.05) is 0 Å². The summed E-state index contributed by atoms with van der Waals surface area (Å²) in [7, 11) is 0. The summed E-state index contributed by atoms with van der Waals surface area (Å²) in [5.41, 5.74) is 0.594. The summed E-state index contributed by atoms with van der Waals surface area (Å²) in [6.45, 7) is 0. The summed E-state index contributed by atoms with van der Waals surface area (Å²) in [5.74, 6) is 0.231. The van der Waals surface area contributed by atoms with Crippen LogP contribution < -0.4 is 43.5 Å². The van der Waals surface area contributed by atoms with Crippen LogP contribution in [0.2, 0.25) is 0 Å². The van der Waals surface area contributed by atoms with Crippen LogP contribution in [0, 0.1) is 0 Å². The Hall–Kier alpha value is -0.660. The van der Waals surface area contributed by atoms with E-state index < -0.39 is 0 Å². The van der Waals surface area contributed by atoms with Crippen molar-refractivity contribution >= 4 is 15.9 Å². The quantitative estimate of drug-likeness (QED) is 0.447. The standard InChI is InChI=1S/C10H7BrN2O2.2BrH/c11-7-2-4-13(6-10(7)15)8-1-3-12-5-9(8)14;;/h1-6H,(H-,14,15);2*1H. The minimum atomic E-state index is 0. The van der Waals surface area contributed by atoms with Gasteiger partial charge >= 0.3 is 0 Å². The van der Waals surface area contributed by atoms with E-state index >= 15 is 0 Å². The van der Waals surface area contributed by atoms with Crippen LogP contribution in [0.15, 0.2) is 41.4 Å². The number of rotatable bonds is 1. The van der Waals surface area contributed by atoms with E-state index in [0.29, 0.717) is 10.2 Å². The van der Waals surface area contributed by atoms with Crippen LogP contribution in [0.3, 0.4) is 0 Å². The molecule has 3 N–H and O–H groups in total. The number of aromatic amines is 1. The minimum absolute atomic E-state index is 0. The fourth-order valence-electron chi connectivity index (χ4n) is 1.25. The van der Waals surface area contributed by atoms with Crippen molar-refractivity contribution in [3.05, 3.63) is 41.4 Å². The first-order chi connectivity index (χ1) is 7.18. The Morgan fingerprint density at radius 2 is 1.82 bits per heavy atom. The number of pyridine rings is 2. The molecule has 2 rings (SSSR count). The second-order valence-corrected chi connectivity index (χ2v) is 3.85. The Labute approximate surface area is 128 Å². The molecule has 0 saturated carbocycles. The van der Waals surface area contributed by atoms with E-state index in [1.807, 2.05) is 0 Å². The van der Waals surface area contributed by atoms with Crippen molar-refractivity contribution in [1.82, 2.24) is 0 Å². The van der Waals surface area contributed by atoms with Crippen molar-refractivity contribution in [1.29, 1.82) is 0 Å². The number of hydrogen-bond donors (Lipinski definition) is 2. The highest BCUT2D eigenvalue weighted by Crippen LogP contribution is 2.21. The number of aromatic nitrogens is 2. The van der Waals surface area contributed by atoms with Crippen molar-refractivity contribution < 1.29 is 53.7 Å². The van der Waals surface area contributed by atoms with Gasteiger partial charge in [0, 0.05) is 6.07 Å². The van der Waals surface area contributed by atoms with Gasteiger partial charge in [0.25, 0.3) is 11.4 Å². The molecule has 2 aromatic rings. The number of aromatic hydroxyl groups is 2. The lowest BCUT2D eigenvalue weighted by Crippen LogP contribution is -3.00. The van der Waals surface area contributed by atoms with E-state index in [0.717, 1.165) is 0 Å². The fraction of sp³-hybridized carbons (Fsp3) is 0. The Bertz CT molecular complexity index is 509. The average Bonchev–Trinajstić information content (AvgIpc) is 2.23. The molecule has 0 aliphatic carbocycles. The number of halogens is 3. The molecule has 2 aromatic heterocycles. The Morgan fingerprint density at radius 1 is 1.12 bits per heavy atom. The van der Waals surface area contributed by atoms with Gasteiger partial charge in [-0.2, -0.15) is 4.57 Å². The highest BCUT2D eigenvalue weighted by molar-refractivity contribution is 9.10. The van der Waals surface area contributed by atoms with Gasteiger partial charge in [0.15, 0.2) is 18.1 Å². The SMILES string of the molecule is Oc1c[n+](-c2cc[nH+]cc2O)ccc1Br.[Br-].[Br-]. The first-order valence-electron chi connectivity index (χ1n) is 4.27. The molecule has 0 aliphatic heterocycles. The number of hydrogen-bond acceptors (Lipinski definition) is 2. The summed E-state index contributed by atoms with van der Waals surface area (Å²) >= 11 is 3.19. The van der Waals surface area contributed by atoms with Crippen molar-refractivity contribution in [2.75, 3.05) is 0 Å². The third-order valence-corrected chi connectivity index (χ3v) is 2.66. The first kappa shape index (κ1) is 16.3. The van der Waals surface area contributed by atoms with Gasteiger partial charge < -0.3 is 44.2 Å². The summed E-state index contributed by atoms with van der Waals surface area (Å²) in [4.78, 5) is 2.76.